The summed E-state index contributed by atoms with van der Waals surface area (Å²) in [5, 5.41) is 3.34. The smallest absolute Gasteiger partial charge is 0.222 e. The Morgan fingerprint density at radius 2 is 2.13 bits per heavy atom. The predicted molar refractivity (Wildman–Crippen MR) is 59.3 cm³/mol. The predicted octanol–water partition coefficient (Wildman–Crippen LogP) is 1.93. The maximum absolute atomic E-state index is 5.54. The summed E-state index contributed by atoms with van der Waals surface area (Å²) in [5.74, 6) is 2.46. The van der Waals surface area contributed by atoms with E-state index in [0.29, 0.717) is 6.04 Å². The normalized spacial score (nSPS) is 14.7. The Labute approximate surface area is 90.1 Å². The van der Waals surface area contributed by atoms with E-state index in [1.54, 1.807) is 0 Å². The van der Waals surface area contributed by atoms with Crippen LogP contribution in [0.1, 0.15) is 31.7 Å². The highest BCUT2D eigenvalue weighted by atomic mass is 16.5. The third kappa shape index (κ3) is 2.19. The molecule has 0 aliphatic carbocycles. The molecule has 1 aliphatic rings. The molecule has 0 fully saturated rings. The summed E-state index contributed by atoms with van der Waals surface area (Å²) < 4.78 is 5.54. The van der Waals surface area contributed by atoms with Crippen molar-refractivity contribution < 1.29 is 4.74 Å². The van der Waals surface area contributed by atoms with Gasteiger partial charge in [0.05, 0.1) is 12.2 Å². The van der Waals surface area contributed by atoms with E-state index in [9.17, 15) is 0 Å². The number of hydrogen-bond acceptors (Lipinski definition) is 4. The van der Waals surface area contributed by atoms with Crippen LogP contribution in [0.15, 0.2) is 0 Å². The lowest BCUT2D eigenvalue weighted by molar-refractivity contribution is 0.275. The minimum Gasteiger partial charge on any atom is -0.477 e. The summed E-state index contributed by atoms with van der Waals surface area (Å²) >= 11 is 0. The number of fused-ring (bicyclic) bond motifs is 1. The van der Waals surface area contributed by atoms with Gasteiger partial charge in [0.15, 0.2) is 0 Å². The number of ether oxygens (including phenoxy) is 1. The molecule has 0 saturated carbocycles. The zero-order valence-electron chi connectivity index (χ0n) is 9.50. The highest BCUT2D eigenvalue weighted by Gasteiger charge is 2.18. The number of aromatic nitrogens is 2. The van der Waals surface area contributed by atoms with Crippen LogP contribution in [0, 0.1) is 6.92 Å². The summed E-state index contributed by atoms with van der Waals surface area (Å²) in [5.41, 5.74) is 1.13. The highest BCUT2D eigenvalue weighted by Crippen LogP contribution is 2.28. The van der Waals surface area contributed by atoms with Crippen molar-refractivity contribution in [1.29, 1.82) is 0 Å². The second kappa shape index (κ2) is 4.04. The van der Waals surface area contributed by atoms with Crippen molar-refractivity contribution in [1.82, 2.24) is 9.97 Å². The molecule has 0 spiro atoms. The van der Waals surface area contributed by atoms with E-state index in [2.05, 4.69) is 29.1 Å². The molecule has 0 bridgehead atoms. The van der Waals surface area contributed by atoms with Crippen LogP contribution in [0.25, 0.3) is 0 Å². The van der Waals surface area contributed by atoms with Crippen LogP contribution in [0.4, 0.5) is 5.82 Å². The van der Waals surface area contributed by atoms with E-state index in [-0.39, 0.29) is 0 Å². The van der Waals surface area contributed by atoms with E-state index in [0.717, 1.165) is 42.5 Å². The van der Waals surface area contributed by atoms with E-state index >= 15 is 0 Å². The Morgan fingerprint density at radius 3 is 2.87 bits per heavy atom. The molecule has 4 nitrogen and oxygen atoms in total. The molecule has 1 aromatic rings. The van der Waals surface area contributed by atoms with Gasteiger partial charge in [0.1, 0.15) is 11.6 Å². The monoisotopic (exact) mass is 207 g/mol. The second-order valence-electron chi connectivity index (χ2n) is 4.15. The second-order valence-corrected chi connectivity index (χ2v) is 4.15. The molecule has 0 saturated heterocycles. The Morgan fingerprint density at radius 1 is 1.33 bits per heavy atom. The van der Waals surface area contributed by atoms with Gasteiger partial charge >= 0.3 is 0 Å². The average molecular weight is 207 g/mol. The van der Waals surface area contributed by atoms with Gasteiger partial charge in [-0.3, -0.25) is 0 Å². The van der Waals surface area contributed by atoms with Crippen LogP contribution < -0.4 is 10.1 Å². The van der Waals surface area contributed by atoms with Crippen molar-refractivity contribution >= 4 is 5.82 Å². The van der Waals surface area contributed by atoms with Crippen LogP contribution in [-0.2, 0) is 6.42 Å². The standard InChI is InChI=1S/C11H17N3O/c1-7(2)12-10-9-5-4-6-15-11(9)14-8(3)13-10/h7H,4-6H2,1-3H3,(H,12,13,14). The average Bonchev–Trinajstić information content (AvgIpc) is 2.16. The lowest BCUT2D eigenvalue weighted by Gasteiger charge is -2.20. The first kappa shape index (κ1) is 10.2. The molecule has 4 heteroatoms. The van der Waals surface area contributed by atoms with Crippen molar-refractivity contribution in [2.75, 3.05) is 11.9 Å². The first-order valence-corrected chi connectivity index (χ1v) is 5.43. The summed E-state index contributed by atoms with van der Waals surface area (Å²) in [4.78, 5) is 8.73. The van der Waals surface area contributed by atoms with Gasteiger partial charge in [0, 0.05) is 6.04 Å². The van der Waals surface area contributed by atoms with Crippen molar-refractivity contribution in [3.63, 3.8) is 0 Å². The fourth-order valence-electron chi connectivity index (χ4n) is 1.73. The van der Waals surface area contributed by atoms with E-state index in [4.69, 9.17) is 4.74 Å². The first-order chi connectivity index (χ1) is 7.16. The van der Waals surface area contributed by atoms with Gasteiger partial charge in [-0.2, -0.15) is 4.98 Å². The van der Waals surface area contributed by atoms with E-state index < -0.39 is 0 Å². The molecule has 1 N–H and O–H groups in total. The summed E-state index contributed by atoms with van der Waals surface area (Å²) in [7, 11) is 0. The number of rotatable bonds is 2. The molecule has 0 aromatic carbocycles. The molecule has 1 aromatic heterocycles. The molecular weight excluding hydrogens is 190 g/mol. The lowest BCUT2D eigenvalue weighted by Crippen LogP contribution is -2.18. The van der Waals surface area contributed by atoms with Crippen LogP contribution in [0.3, 0.4) is 0 Å². The molecule has 0 unspecified atom stereocenters. The number of nitrogens with one attached hydrogen (secondary N) is 1. The molecule has 2 rings (SSSR count). The third-order valence-electron chi connectivity index (χ3n) is 2.32. The molecule has 0 atom stereocenters. The molecular formula is C11H17N3O. The Hall–Kier alpha value is -1.32. The summed E-state index contributed by atoms with van der Waals surface area (Å²) in [6.45, 7) is 6.87. The van der Waals surface area contributed by atoms with Crippen LogP contribution in [0.2, 0.25) is 0 Å². The number of nitrogens with zero attached hydrogens (tertiary/aromatic N) is 2. The van der Waals surface area contributed by atoms with Gasteiger partial charge in [-0.1, -0.05) is 0 Å². The van der Waals surface area contributed by atoms with Gasteiger partial charge in [-0.05, 0) is 33.6 Å². The van der Waals surface area contributed by atoms with Crippen LogP contribution in [-0.4, -0.2) is 22.6 Å². The minimum atomic E-state index is 0.380. The van der Waals surface area contributed by atoms with Crippen LogP contribution in [0.5, 0.6) is 5.88 Å². The Balaban J connectivity index is 2.38. The third-order valence-corrected chi connectivity index (χ3v) is 2.32. The maximum atomic E-state index is 5.54. The maximum Gasteiger partial charge on any atom is 0.222 e. The fraction of sp³-hybridized carbons (Fsp3) is 0.636. The minimum absolute atomic E-state index is 0.380. The zero-order chi connectivity index (χ0) is 10.8. The van der Waals surface area contributed by atoms with Crippen molar-refractivity contribution in [3.8, 4) is 5.88 Å². The molecule has 1 aliphatic heterocycles. The van der Waals surface area contributed by atoms with Gasteiger partial charge in [-0.15, -0.1) is 0 Å². The topological polar surface area (TPSA) is 47.0 Å². The number of aryl methyl sites for hydroxylation is 1. The van der Waals surface area contributed by atoms with Crippen molar-refractivity contribution in [2.24, 2.45) is 0 Å². The number of anilines is 1. The lowest BCUT2D eigenvalue weighted by atomic mass is 10.1. The molecule has 2 heterocycles. The molecule has 0 radical (unpaired) electrons. The van der Waals surface area contributed by atoms with Crippen LogP contribution >= 0.6 is 0 Å². The Bertz CT molecular complexity index is 363. The fourth-order valence-corrected chi connectivity index (χ4v) is 1.73. The molecule has 0 amide bonds. The summed E-state index contributed by atoms with van der Waals surface area (Å²) in [6, 6.07) is 0.380. The highest BCUT2D eigenvalue weighted by molar-refractivity contribution is 5.50. The SMILES string of the molecule is Cc1nc(NC(C)C)c2c(n1)OCCC2. The molecule has 82 valence electrons. The van der Waals surface area contributed by atoms with Gasteiger partial charge < -0.3 is 10.1 Å². The van der Waals surface area contributed by atoms with Crippen molar-refractivity contribution in [2.45, 2.75) is 39.7 Å². The van der Waals surface area contributed by atoms with E-state index in [1.165, 1.54) is 0 Å². The Kier molecular flexibility index (Phi) is 2.75. The quantitative estimate of drug-likeness (QED) is 0.805. The van der Waals surface area contributed by atoms with Gasteiger partial charge in [0.2, 0.25) is 5.88 Å². The van der Waals surface area contributed by atoms with Gasteiger partial charge in [-0.25, -0.2) is 4.98 Å². The van der Waals surface area contributed by atoms with E-state index in [1.807, 2.05) is 6.92 Å². The summed E-state index contributed by atoms with van der Waals surface area (Å²) in [6.07, 6.45) is 2.05. The zero-order valence-corrected chi connectivity index (χ0v) is 9.50. The largest absolute Gasteiger partial charge is 0.477 e. The first-order valence-electron chi connectivity index (χ1n) is 5.43. The number of hydrogen-bond donors (Lipinski definition) is 1. The van der Waals surface area contributed by atoms with Gasteiger partial charge in [0.25, 0.3) is 0 Å². The molecule has 15 heavy (non-hydrogen) atoms. The van der Waals surface area contributed by atoms with Crippen molar-refractivity contribution in [3.05, 3.63) is 11.4 Å².